The first kappa shape index (κ1) is 25.5. The van der Waals surface area contributed by atoms with E-state index in [4.69, 9.17) is 21.7 Å². The molecule has 0 bridgehead atoms. The van der Waals surface area contributed by atoms with Crippen LogP contribution < -0.4 is 9.64 Å². The van der Waals surface area contributed by atoms with Crippen LogP contribution in [0.5, 0.6) is 5.75 Å². The summed E-state index contributed by atoms with van der Waals surface area (Å²) in [5, 5.41) is 0. The van der Waals surface area contributed by atoms with Crippen LogP contribution in [-0.4, -0.2) is 35.5 Å². The predicted octanol–water partition coefficient (Wildman–Crippen LogP) is 6.68. The highest BCUT2D eigenvalue weighted by Gasteiger charge is 2.45. The van der Waals surface area contributed by atoms with Crippen molar-refractivity contribution < 1.29 is 19.1 Å². The standard InChI is InChI=1S/C27H27NO4S3/c1-6-31-18-13-14-19-20(15-18)28(16(3)29)27(4,5)24(33)21(19)26-34-22(17-11-9-8-10-12-17)23(35-26)25(30)32-7-2/h8-15H,6-7H2,1-5H3/b26-21+. The number of esters is 1. The SMILES string of the molecule is CCOC(=O)C1=C(c2ccccc2)S/C(=C2\C(=S)C(C)(C)N(C(C)=O)c3cc(OCC)ccc32)S1. The summed E-state index contributed by atoms with van der Waals surface area (Å²) in [4.78, 5) is 29.5. The topological polar surface area (TPSA) is 55.8 Å². The van der Waals surface area contributed by atoms with Crippen LogP contribution in [0.2, 0.25) is 0 Å². The Balaban J connectivity index is 1.91. The van der Waals surface area contributed by atoms with Gasteiger partial charge in [0.05, 0.1) is 33.5 Å². The minimum atomic E-state index is -0.748. The van der Waals surface area contributed by atoms with Crippen LogP contribution in [0.25, 0.3) is 10.5 Å². The molecule has 35 heavy (non-hydrogen) atoms. The van der Waals surface area contributed by atoms with E-state index in [0.717, 1.165) is 31.5 Å². The maximum absolute atomic E-state index is 12.9. The molecule has 4 rings (SSSR count). The Morgan fingerprint density at radius 2 is 1.74 bits per heavy atom. The van der Waals surface area contributed by atoms with Crippen LogP contribution in [0.1, 0.15) is 45.7 Å². The van der Waals surface area contributed by atoms with Crippen molar-refractivity contribution in [1.29, 1.82) is 0 Å². The van der Waals surface area contributed by atoms with E-state index < -0.39 is 5.54 Å². The van der Waals surface area contributed by atoms with Gasteiger partial charge in [0.25, 0.3) is 0 Å². The minimum absolute atomic E-state index is 0.0988. The molecule has 0 aromatic heterocycles. The van der Waals surface area contributed by atoms with Crippen molar-refractivity contribution >= 4 is 68.6 Å². The highest BCUT2D eigenvalue weighted by Crippen LogP contribution is 2.58. The van der Waals surface area contributed by atoms with Crippen molar-refractivity contribution in [2.75, 3.05) is 18.1 Å². The zero-order chi connectivity index (χ0) is 25.3. The number of rotatable bonds is 5. The number of carbonyl (C=O) groups excluding carboxylic acids is 2. The predicted molar refractivity (Wildman–Crippen MR) is 150 cm³/mol. The molecule has 0 unspecified atom stereocenters. The normalized spacial score (nSPS) is 19.0. The van der Waals surface area contributed by atoms with Gasteiger partial charge in [-0.05, 0) is 45.4 Å². The second kappa shape index (κ2) is 10.2. The molecule has 5 nitrogen and oxygen atoms in total. The molecule has 0 radical (unpaired) electrons. The molecule has 182 valence electrons. The first-order chi connectivity index (χ1) is 16.7. The Labute approximate surface area is 219 Å². The van der Waals surface area contributed by atoms with Gasteiger partial charge in [-0.15, -0.1) is 0 Å². The largest absolute Gasteiger partial charge is 0.494 e. The highest BCUT2D eigenvalue weighted by atomic mass is 32.2. The Morgan fingerprint density at radius 1 is 1.03 bits per heavy atom. The summed E-state index contributed by atoms with van der Waals surface area (Å²) in [7, 11) is 0. The monoisotopic (exact) mass is 525 g/mol. The summed E-state index contributed by atoms with van der Waals surface area (Å²) in [6, 6.07) is 15.6. The van der Waals surface area contributed by atoms with E-state index in [2.05, 4.69) is 0 Å². The van der Waals surface area contributed by atoms with Crippen LogP contribution in [0.15, 0.2) is 57.7 Å². The quantitative estimate of drug-likeness (QED) is 0.245. The lowest BCUT2D eigenvalue weighted by Crippen LogP contribution is -2.55. The maximum Gasteiger partial charge on any atom is 0.346 e. The number of thioether (sulfide) groups is 2. The van der Waals surface area contributed by atoms with Crippen molar-refractivity contribution in [3.05, 3.63) is 68.8 Å². The first-order valence-corrected chi connectivity index (χ1v) is 13.4. The maximum atomic E-state index is 12.9. The minimum Gasteiger partial charge on any atom is -0.494 e. The lowest BCUT2D eigenvalue weighted by Gasteiger charge is -2.45. The van der Waals surface area contributed by atoms with E-state index in [0.29, 0.717) is 28.7 Å². The smallest absolute Gasteiger partial charge is 0.346 e. The molecule has 2 heterocycles. The highest BCUT2D eigenvalue weighted by molar-refractivity contribution is 8.32. The zero-order valence-corrected chi connectivity index (χ0v) is 22.8. The van der Waals surface area contributed by atoms with Crippen LogP contribution in [-0.2, 0) is 14.3 Å². The molecule has 0 spiro atoms. The molecule has 0 fully saturated rings. The molecule has 0 atom stereocenters. The lowest BCUT2D eigenvalue weighted by molar-refractivity contribution is -0.137. The summed E-state index contributed by atoms with van der Waals surface area (Å²) < 4.78 is 12.0. The molecule has 0 aliphatic carbocycles. The van der Waals surface area contributed by atoms with Crippen molar-refractivity contribution in [2.45, 2.75) is 40.2 Å². The molecule has 1 amide bonds. The van der Waals surface area contributed by atoms with Gasteiger partial charge >= 0.3 is 5.97 Å². The fourth-order valence-electron chi connectivity index (χ4n) is 4.27. The molecular weight excluding hydrogens is 499 g/mol. The number of amides is 1. The van der Waals surface area contributed by atoms with E-state index in [1.807, 2.05) is 69.3 Å². The van der Waals surface area contributed by atoms with E-state index in [1.165, 1.54) is 23.5 Å². The van der Waals surface area contributed by atoms with Crippen molar-refractivity contribution in [2.24, 2.45) is 0 Å². The average molecular weight is 526 g/mol. The number of fused-ring (bicyclic) bond motifs is 1. The fourth-order valence-corrected chi connectivity index (χ4v) is 7.40. The molecule has 2 aliphatic rings. The van der Waals surface area contributed by atoms with Gasteiger partial charge in [0.15, 0.2) is 0 Å². The average Bonchev–Trinajstić information content (AvgIpc) is 3.26. The first-order valence-electron chi connectivity index (χ1n) is 11.4. The zero-order valence-electron chi connectivity index (χ0n) is 20.3. The molecule has 0 saturated carbocycles. The Hall–Kier alpha value is -2.55. The van der Waals surface area contributed by atoms with Crippen LogP contribution >= 0.6 is 35.7 Å². The summed E-state index contributed by atoms with van der Waals surface area (Å²) in [6.45, 7) is 10.00. The van der Waals surface area contributed by atoms with E-state index >= 15 is 0 Å². The molecular formula is C27H27NO4S3. The van der Waals surface area contributed by atoms with Gasteiger partial charge in [-0.2, -0.15) is 0 Å². The van der Waals surface area contributed by atoms with Crippen LogP contribution in [0, 0.1) is 0 Å². The third kappa shape index (κ3) is 4.67. The molecule has 2 aliphatic heterocycles. The fraction of sp³-hybridized carbons (Fsp3) is 0.296. The Morgan fingerprint density at radius 3 is 2.37 bits per heavy atom. The van der Waals surface area contributed by atoms with Crippen molar-refractivity contribution in [3.8, 4) is 5.75 Å². The molecule has 0 N–H and O–H groups in total. The molecule has 2 aromatic carbocycles. The van der Waals surface area contributed by atoms with Gasteiger partial charge in [-0.1, -0.05) is 66.1 Å². The van der Waals surface area contributed by atoms with E-state index in [-0.39, 0.29) is 11.9 Å². The summed E-state index contributed by atoms with van der Waals surface area (Å²) >= 11 is 8.93. The Bertz CT molecular complexity index is 1260. The molecule has 0 saturated heterocycles. The number of hydrogen-bond acceptors (Lipinski definition) is 7. The molecule has 2 aromatic rings. The number of ether oxygens (including phenoxy) is 2. The van der Waals surface area contributed by atoms with Crippen LogP contribution in [0.3, 0.4) is 0 Å². The van der Waals surface area contributed by atoms with Gasteiger partial charge in [-0.25, -0.2) is 4.79 Å². The third-order valence-corrected chi connectivity index (χ3v) is 9.07. The van der Waals surface area contributed by atoms with Gasteiger partial charge in [0, 0.05) is 29.0 Å². The second-order valence-electron chi connectivity index (χ2n) is 8.47. The van der Waals surface area contributed by atoms with Gasteiger partial charge in [-0.3, -0.25) is 4.79 Å². The van der Waals surface area contributed by atoms with E-state index in [9.17, 15) is 9.59 Å². The number of nitrogens with zero attached hydrogens (tertiary/aromatic N) is 1. The number of benzene rings is 2. The number of thiocarbonyl (C=S) groups is 1. The lowest BCUT2D eigenvalue weighted by atomic mass is 9.83. The van der Waals surface area contributed by atoms with Gasteiger partial charge in [0.1, 0.15) is 10.7 Å². The van der Waals surface area contributed by atoms with Crippen LogP contribution in [0.4, 0.5) is 5.69 Å². The third-order valence-electron chi connectivity index (χ3n) is 5.74. The summed E-state index contributed by atoms with van der Waals surface area (Å²) in [6.07, 6.45) is 0. The number of hydrogen-bond donors (Lipinski definition) is 0. The van der Waals surface area contributed by atoms with Gasteiger partial charge in [0.2, 0.25) is 5.91 Å². The van der Waals surface area contributed by atoms with Crippen molar-refractivity contribution in [3.63, 3.8) is 0 Å². The summed E-state index contributed by atoms with van der Waals surface area (Å²) in [5.74, 6) is 0.239. The Kier molecular flexibility index (Phi) is 7.45. The second-order valence-corrected chi connectivity index (χ2v) is 11.2. The number of carbonyl (C=O) groups is 2. The van der Waals surface area contributed by atoms with Crippen molar-refractivity contribution in [1.82, 2.24) is 0 Å². The van der Waals surface area contributed by atoms with E-state index in [1.54, 1.807) is 18.7 Å². The molecule has 8 heteroatoms. The summed E-state index contributed by atoms with van der Waals surface area (Å²) in [5.41, 5.74) is 2.66. The van der Waals surface area contributed by atoms with Gasteiger partial charge < -0.3 is 14.4 Å². The number of anilines is 1.